The van der Waals surface area contributed by atoms with Crippen LogP contribution in [0.3, 0.4) is 0 Å². The second kappa shape index (κ2) is 1.30. The van der Waals surface area contributed by atoms with E-state index in [4.69, 9.17) is 0 Å². The highest BCUT2D eigenvalue weighted by Gasteiger charge is 2.08. The third-order valence-corrected chi connectivity index (χ3v) is 3.68. The third kappa shape index (κ3) is 0.666. The summed E-state index contributed by atoms with van der Waals surface area (Å²) in [6.07, 6.45) is 0. The van der Waals surface area contributed by atoms with Gasteiger partial charge < -0.3 is 0 Å². The van der Waals surface area contributed by atoms with Crippen LogP contribution in [-0.4, -0.2) is 15.7 Å². The Hall–Kier alpha value is 0.500. The van der Waals surface area contributed by atoms with Crippen molar-refractivity contribution < 1.29 is 4.21 Å². The van der Waals surface area contributed by atoms with E-state index in [9.17, 15) is 4.21 Å². The van der Waals surface area contributed by atoms with E-state index < -0.39 is 9.83 Å². The number of hydrogen-bond acceptors (Lipinski definition) is 2. The minimum atomic E-state index is -0.475. The van der Waals surface area contributed by atoms with Crippen LogP contribution in [-0.2, 0) is 9.83 Å². The van der Waals surface area contributed by atoms with Gasteiger partial charge in [-0.1, -0.05) is 10.8 Å². The van der Waals surface area contributed by atoms with Gasteiger partial charge in [0.05, 0.1) is 9.83 Å². The van der Waals surface area contributed by atoms with E-state index in [1.807, 2.05) is 0 Å². The molecule has 1 saturated heterocycles. The first-order valence-corrected chi connectivity index (χ1v) is 4.23. The van der Waals surface area contributed by atoms with Crippen LogP contribution in [0.4, 0.5) is 0 Å². The van der Waals surface area contributed by atoms with E-state index in [0.717, 1.165) is 11.5 Å². The zero-order valence-corrected chi connectivity index (χ0v) is 4.27. The molecule has 1 fully saturated rings. The van der Waals surface area contributed by atoms with Crippen LogP contribution < -0.4 is 0 Å². The number of hydrogen-bond donors (Lipinski definition) is 0. The molecule has 1 nitrogen and oxygen atoms in total. The predicted molar refractivity (Wildman–Crippen MR) is 25.5 cm³/mol. The zero-order chi connectivity index (χ0) is 3.70. The van der Waals surface area contributed by atoms with E-state index in [2.05, 4.69) is 0 Å². The monoisotopic (exact) mass is 108 g/mol. The fraction of sp³-hybridized carbons (Fsp3) is 1.00. The molecule has 1 unspecified atom stereocenters. The maximum atomic E-state index is 9.97. The molecule has 0 spiro atoms. The van der Waals surface area contributed by atoms with Crippen molar-refractivity contribution in [3.05, 3.63) is 0 Å². The van der Waals surface area contributed by atoms with Crippen molar-refractivity contribution in [2.75, 3.05) is 11.5 Å². The van der Waals surface area contributed by atoms with Gasteiger partial charge in [0.1, 0.15) is 0 Å². The van der Waals surface area contributed by atoms with Gasteiger partial charge in [0.15, 0.2) is 0 Å². The van der Waals surface area contributed by atoms with Gasteiger partial charge >= 0.3 is 0 Å². The van der Waals surface area contributed by atoms with E-state index in [1.165, 1.54) is 10.8 Å². The van der Waals surface area contributed by atoms with Gasteiger partial charge in [0.25, 0.3) is 0 Å². The molecule has 0 N–H and O–H groups in total. The van der Waals surface area contributed by atoms with Crippen molar-refractivity contribution >= 4 is 20.6 Å². The molecule has 0 radical (unpaired) electrons. The first kappa shape index (κ1) is 3.68. The Morgan fingerprint density at radius 3 is 2.20 bits per heavy atom. The first-order valence-electron chi connectivity index (χ1n) is 1.41. The third-order valence-electron chi connectivity index (χ3n) is 0.465. The summed E-state index contributed by atoms with van der Waals surface area (Å²) in [5.74, 6) is 2.03. The minimum Gasteiger partial charge on any atom is -0.248 e. The molecule has 1 aliphatic rings. The van der Waals surface area contributed by atoms with E-state index in [-0.39, 0.29) is 0 Å². The molecule has 0 amide bonds. The summed E-state index contributed by atoms with van der Waals surface area (Å²) >= 11 is 0. The van der Waals surface area contributed by atoms with Gasteiger partial charge in [0.2, 0.25) is 0 Å². The lowest BCUT2D eigenvalue weighted by Crippen LogP contribution is -2.06. The van der Waals surface area contributed by atoms with E-state index >= 15 is 0 Å². The largest absolute Gasteiger partial charge is 0.248 e. The SMILES string of the molecule is O=S1CCS1. The van der Waals surface area contributed by atoms with Crippen LogP contribution in [0.2, 0.25) is 0 Å². The highest BCUT2D eigenvalue weighted by molar-refractivity contribution is 8.71. The Labute approximate surface area is 37.0 Å². The Bertz CT molecular complexity index is 54.7. The van der Waals surface area contributed by atoms with Crippen molar-refractivity contribution in [2.24, 2.45) is 0 Å². The summed E-state index contributed by atoms with van der Waals surface area (Å²) < 4.78 is 9.97. The second-order valence-corrected chi connectivity index (χ2v) is 4.31. The van der Waals surface area contributed by atoms with Crippen LogP contribution in [0.15, 0.2) is 0 Å². The molecular weight excluding hydrogens is 104 g/mol. The van der Waals surface area contributed by atoms with Crippen molar-refractivity contribution in [1.82, 2.24) is 0 Å². The van der Waals surface area contributed by atoms with Crippen molar-refractivity contribution in [2.45, 2.75) is 0 Å². The average molecular weight is 108 g/mol. The molecule has 0 aromatic heterocycles. The Morgan fingerprint density at radius 1 is 1.80 bits per heavy atom. The van der Waals surface area contributed by atoms with Gasteiger partial charge in [-0.2, -0.15) is 0 Å². The molecule has 1 aliphatic heterocycles. The summed E-state index contributed by atoms with van der Waals surface area (Å²) in [5, 5.41) is 0. The molecule has 1 atom stereocenters. The van der Waals surface area contributed by atoms with E-state index in [1.54, 1.807) is 0 Å². The molecule has 0 bridgehead atoms. The van der Waals surface area contributed by atoms with Crippen LogP contribution >= 0.6 is 10.8 Å². The second-order valence-electron chi connectivity index (χ2n) is 0.830. The first-order chi connectivity index (χ1) is 2.39. The molecule has 0 saturated carbocycles. The normalized spacial score (nSPS) is 36.4. The molecule has 0 aromatic carbocycles. The Balaban J connectivity index is 2.32. The quantitative estimate of drug-likeness (QED) is 0.418. The minimum absolute atomic E-state index is 0.475. The molecular formula is C2H4OS2. The average Bonchev–Trinajstić information content (AvgIpc) is 1.30. The summed E-state index contributed by atoms with van der Waals surface area (Å²) in [5.41, 5.74) is 0. The van der Waals surface area contributed by atoms with E-state index in [0.29, 0.717) is 0 Å². The molecule has 1 heterocycles. The summed E-state index contributed by atoms with van der Waals surface area (Å²) in [7, 11) is 1.06. The van der Waals surface area contributed by atoms with Gasteiger partial charge in [-0.25, -0.2) is 4.21 Å². The fourth-order valence-corrected chi connectivity index (χ4v) is 1.36. The smallest absolute Gasteiger partial charge is 0.0812 e. The molecule has 5 heavy (non-hydrogen) atoms. The van der Waals surface area contributed by atoms with Crippen LogP contribution in [0.25, 0.3) is 0 Å². The van der Waals surface area contributed by atoms with Gasteiger partial charge in [-0.05, 0) is 0 Å². The predicted octanol–water partition coefficient (Wildman–Crippen LogP) is 0.397. The highest BCUT2D eigenvalue weighted by Crippen LogP contribution is 2.17. The lowest BCUT2D eigenvalue weighted by atomic mass is 11.0. The Morgan fingerprint density at radius 2 is 2.20 bits per heavy atom. The maximum absolute atomic E-state index is 9.97. The topological polar surface area (TPSA) is 17.1 Å². The lowest BCUT2D eigenvalue weighted by molar-refractivity contribution is 0.691. The summed E-state index contributed by atoms with van der Waals surface area (Å²) in [4.78, 5) is 0. The Kier molecular flexibility index (Phi) is 0.961. The van der Waals surface area contributed by atoms with Gasteiger partial charge in [-0.3, -0.25) is 0 Å². The summed E-state index contributed by atoms with van der Waals surface area (Å²) in [6, 6.07) is 0. The molecule has 0 aliphatic carbocycles. The highest BCUT2D eigenvalue weighted by atomic mass is 33.1. The maximum Gasteiger partial charge on any atom is 0.0812 e. The van der Waals surface area contributed by atoms with Crippen LogP contribution in [0.5, 0.6) is 0 Å². The standard InChI is InChI=1S/C2H4OS2/c3-5-2-1-4-5/h1-2H2. The molecule has 3 heteroatoms. The molecule has 1 rings (SSSR count). The molecule has 30 valence electrons. The number of rotatable bonds is 0. The molecule has 0 aromatic rings. The van der Waals surface area contributed by atoms with Crippen molar-refractivity contribution in [3.8, 4) is 0 Å². The summed E-state index contributed by atoms with van der Waals surface area (Å²) in [6.45, 7) is 0. The van der Waals surface area contributed by atoms with Gasteiger partial charge in [0, 0.05) is 11.5 Å². The van der Waals surface area contributed by atoms with Crippen LogP contribution in [0, 0.1) is 0 Å². The van der Waals surface area contributed by atoms with Crippen LogP contribution in [0.1, 0.15) is 0 Å². The zero-order valence-electron chi connectivity index (χ0n) is 2.64. The fourth-order valence-electron chi connectivity index (χ4n) is 0.151. The van der Waals surface area contributed by atoms with Crippen molar-refractivity contribution in [3.63, 3.8) is 0 Å². The van der Waals surface area contributed by atoms with Gasteiger partial charge in [-0.15, -0.1) is 0 Å². The van der Waals surface area contributed by atoms with Crippen molar-refractivity contribution in [1.29, 1.82) is 0 Å². The lowest BCUT2D eigenvalue weighted by Gasteiger charge is -2.05.